The zero-order valence-corrected chi connectivity index (χ0v) is 9.72. The van der Waals surface area contributed by atoms with Gasteiger partial charge in [0, 0.05) is 5.56 Å². The van der Waals surface area contributed by atoms with Crippen molar-refractivity contribution in [3.05, 3.63) is 29.3 Å². The second-order valence-corrected chi connectivity index (χ2v) is 4.15. The second-order valence-electron chi connectivity index (χ2n) is 4.15. The van der Waals surface area contributed by atoms with Crippen LogP contribution in [-0.2, 0) is 0 Å². The molecule has 0 atom stereocenters. The molecular formula is C13H17NO. The SMILES string of the molecule is COc1ccc(C#CC(C)(C)N)c(C)c1. The van der Waals surface area contributed by atoms with Gasteiger partial charge in [-0.25, -0.2) is 0 Å². The van der Waals surface area contributed by atoms with Crippen LogP contribution >= 0.6 is 0 Å². The Bertz CT molecular complexity index is 405. The fourth-order valence-corrected chi connectivity index (χ4v) is 1.13. The van der Waals surface area contributed by atoms with Crippen LogP contribution in [0, 0.1) is 18.8 Å². The van der Waals surface area contributed by atoms with Gasteiger partial charge in [-0.05, 0) is 44.5 Å². The van der Waals surface area contributed by atoms with Gasteiger partial charge >= 0.3 is 0 Å². The Morgan fingerprint density at radius 1 is 1.33 bits per heavy atom. The Morgan fingerprint density at radius 3 is 2.47 bits per heavy atom. The van der Waals surface area contributed by atoms with Gasteiger partial charge in [-0.2, -0.15) is 0 Å². The Labute approximate surface area is 91.4 Å². The van der Waals surface area contributed by atoms with Gasteiger partial charge in [0.25, 0.3) is 0 Å². The maximum absolute atomic E-state index is 5.79. The maximum atomic E-state index is 5.79. The maximum Gasteiger partial charge on any atom is 0.119 e. The van der Waals surface area contributed by atoms with E-state index < -0.39 is 5.54 Å². The molecule has 1 aromatic rings. The molecule has 0 saturated heterocycles. The lowest BCUT2D eigenvalue weighted by Crippen LogP contribution is -2.29. The first kappa shape index (κ1) is 11.6. The standard InChI is InChI=1S/C13H17NO/c1-10-9-12(15-4)6-5-11(10)7-8-13(2,3)14/h5-6,9H,14H2,1-4H3. The second kappa shape index (κ2) is 4.37. The van der Waals surface area contributed by atoms with Gasteiger partial charge in [0.15, 0.2) is 0 Å². The number of aryl methyl sites for hydroxylation is 1. The van der Waals surface area contributed by atoms with E-state index in [1.165, 1.54) is 0 Å². The van der Waals surface area contributed by atoms with Crippen molar-refractivity contribution in [1.29, 1.82) is 0 Å². The van der Waals surface area contributed by atoms with Crippen LogP contribution < -0.4 is 10.5 Å². The van der Waals surface area contributed by atoms with Gasteiger partial charge in [-0.1, -0.05) is 11.8 Å². The lowest BCUT2D eigenvalue weighted by atomic mass is 10.1. The smallest absolute Gasteiger partial charge is 0.119 e. The van der Waals surface area contributed by atoms with Gasteiger partial charge < -0.3 is 10.5 Å². The van der Waals surface area contributed by atoms with Crippen molar-refractivity contribution in [2.24, 2.45) is 5.73 Å². The van der Waals surface area contributed by atoms with Crippen LogP contribution in [0.1, 0.15) is 25.0 Å². The number of ether oxygens (including phenoxy) is 1. The molecule has 0 radical (unpaired) electrons. The van der Waals surface area contributed by atoms with Crippen LogP contribution in [0.3, 0.4) is 0 Å². The Kier molecular flexibility index (Phi) is 3.39. The average Bonchev–Trinajstić information content (AvgIpc) is 2.14. The highest BCUT2D eigenvalue weighted by Crippen LogP contribution is 2.15. The van der Waals surface area contributed by atoms with Crippen molar-refractivity contribution in [1.82, 2.24) is 0 Å². The zero-order valence-electron chi connectivity index (χ0n) is 9.72. The minimum atomic E-state index is -0.452. The molecule has 0 amide bonds. The van der Waals surface area contributed by atoms with E-state index >= 15 is 0 Å². The molecule has 2 heteroatoms. The molecule has 2 N–H and O–H groups in total. The van der Waals surface area contributed by atoms with Crippen LogP contribution in [0.15, 0.2) is 18.2 Å². The van der Waals surface area contributed by atoms with E-state index in [0.29, 0.717) is 0 Å². The molecule has 2 nitrogen and oxygen atoms in total. The van der Waals surface area contributed by atoms with Crippen molar-refractivity contribution in [3.8, 4) is 17.6 Å². The quantitative estimate of drug-likeness (QED) is 0.709. The van der Waals surface area contributed by atoms with Gasteiger partial charge in [0.05, 0.1) is 12.6 Å². The minimum Gasteiger partial charge on any atom is -0.497 e. The predicted molar refractivity (Wildman–Crippen MR) is 62.9 cm³/mol. The summed E-state index contributed by atoms with van der Waals surface area (Å²) in [4.78, 5) is 0. The van der Waals surface area contributed by atoms with Crippen molar-refractivity contribution < 1.29 is 4.74 Å². The predicted octanol–water partition coefficient (Wildman–Crippen LogP) is 2.09. The summed E-state index contributed by atoms with van der Waals surface area (Å²) in [5.41, 5.74) is 7.44. The number of hydrogen-bond acceptors (Lipinski definition) is 2. The lowest BCUT2D eigenvalue weighted by Gasteiger charge is -2.08. The van der Waals surface area contributed by atoms with Gasteiger partial charge in [-0.15, -0.1) is 0 Å². The number of rotatable bonds is 1. The van der Waals surface area contributed by atoms with Crippen molar-refractivity contribution in [2.75, 3.05) is 7.11 Å². The third kappa shape index (κ3) is 3.65. The van der Waals surface area contributed by atoms with Crippen LogP contribution in [0.2, 0.25) is 0 Å². The summed E-state index contributed by atoms with van der Waals surface area (Å²) in [5, 5.41) is 0. The summed E-state index contributed by atoms with van der Waals surface area (Å²) in [6.07, 6.45) is 0. The first-order valence-electron chi connectivity index (χ1n) is 4.89. The summed E-state index contributed by atoms with van der Waals surface area (Å²) < 4.78 is 5.12. The van der Waals surface area contributed by atoms with E-state index in [0.717, 1.165) is 16.9 Å². The van der Waals surface area contributed by atoms with Gasteiger partial charge in [0.2, 0.25) is 0 Å². The van der Waals surface area contributed by atoms with Gasteiger partial charge in [0.1, 0.15) is 5.75 Å². The highest BCUT2D eigenvalue weighted by Gasteiger charge is 2.04. The van der Waals surface area contributed by atoms with Gasteiger partial charge in [-0.3, -0.25) is 0 Å². The van der Waals surface area contributed by atoms with Crippen LogP contribution in [0.4, 0.5) is 0 Å². The van der Waals surface area contributed by atoms with E-state index in [-0.39, 0.29) is 0 Å². The average molecular weight is 203 g/mol. The van der Waals surface area contributed by atoms with Crippen molar-refractivity contribution >= 4 is 0 Å². The Balaban J connectivity index is 3.01. The summed E-state index contributed by atoms with van der Waals surface area (Å²) in [6.45, 7) is 5.79. The fraction of sp³-hybridized carbons (Fsp3) is 0.385. The summed E-state index contributed by atoms with van der Waals surface area (Å²) in [7, 11) is 1.66. The van der Waals surface area contributed by atoms with E-state index in [4.69, 9.17) is 10.5 Å². The molecule has 0 aliphatic heterocycles. The first-order chi connectivity index (χ1) is 6.92. The minimum absolute atomic E-state index is 0.452. The number of hydrogen-bond donors (Lipinski definition) is 1. The molecule has 0 aliphatic carbocycles. The zero-order chi connectivity index (χ0) is 11.5. The lowest BCUT2D eigenvalue weighted by molar-refractivity contribution is 0.414. The molecule has 0 fully saturated rings. The molecule has 0 unspecified atom stereocenters. The topological polar surface area (TPSA) is 35.2 Å². The Morgan fingerprint density at radius 2 is 2.00 bits per heavy atom. The largest absolute Gasteiger partial charge is 0.497 e. The van der Waals surface area contributed by atoms with E-state index in [9.17, 15) is 0 Å². The first-order valence-corrected chi connectivity index (χ1v) is 4.89. The summed E-state index contributed by atoms with van der Waals surface area (Å²) >= 11 is 0. The summed E-state index contributed by atoms with van der Waals surface area (Å²) in [6, 6.07) is 5.82. The van der Waals surface area contributed by atoms with Crippen LogP contribution in [-0.4, -0.2) is 12.6 Å². The fourth-order valence-electron chi connectivity index (χ4n) is 1.13. The normalized spacial score (nSPS) is 10.5. The van der Waals surface area contributed by atoms with E-state index in [1.807, 2.05) is 39.0 Å². The molecule has 0 saturated carbocycles. The Hall–Kier alpha value is -1.46. The van der Waals surface area contributed by atoms with Crippen molar-refractivity contribution in [3.63, 3.8) is 0 Å². The van der Waals surface area contributed by atoms with Crippen molar-refractivity contribution in [2.45, 2.75) is 26.3 Å². The number of benzene rings is 1. The molecule has 0 spiro atoms. The highest BCUT2D eigenvalue weighted by atomic mass is 16.5. The van der Waals surface area contributed by atoms with Crippen LogP contribution in [0.5, 0.6) is 5.75 Å². The third-order valence-electron chi connectivity index (χ3n) is 1.95. The van der Waals surface area contributed by atoms with E-state index in [2.05, 4.69) is 11.8 Å². The highest BCUT2D eigenvalue weighted by molar-refractivity contribution is 5.45. The molecule has 15 heavy (non-hydrogen) atoms. The monoisotopic (exact) mass is 203 g/mol. The molecule has 80 valence electrons. The molecule has 1 rings (SSSR count). The van der Waals surface area contributed by atoms with Crippen LogP contribution in [0.25, 0.3) is 0 Å². The molecule has 0 aromatic heterocycles. The number of nitrogens with two attached hydrogens (primary N) is 1. The molecular weight excluding hydrogens is 186 g/mol. The molecule has 0 bridgehead atoms. The number of methoxy groups -OCH3 is 1. The summed E-state index contributed by atoms with van der Waals surface area (Å²) in [5.74, 6) is 6.93. The van der Waals surface area contributed by atoms with E-state index in [1.54, 1.807) is 7.11 Å². The molecule has 1 aromatic carbocycles. The molecule has 0 heterocycles. The third-order valence-corrected chi connectivity index (χ3v) is 1.95. The molecule has 0 aliphatic rings.